The average Bonchev–Trinajstić information content (AvgIpc) is 2.51. The Balaban J connectivity index is 2.48. The van der Waals surface area contributed by atoms with E-state index in [2.05, 4.69) is 37.0 Å². The third-order valence-electron chi connectivity index (χ3n) is 5.00. The van der Waals surface area contributed by atoms with E-state index in [-0.39, 0.29) is 11.0 Å². The van der Waals surface area contributed by atoms with Crippen molar-refractivity contribution in [3.8, 4) is 11.3 Å². The van der Waals surface area contributed by atoms with E-state index in [1.165, 1.54) is 5.56 Å². The smallest absolute Gasteiger partial charge is 0.258 e. The molecule has 1 heterocycles. The van der Waals surface area contributed by atoms with Crippen LogP contribution in [0.4, 0.5) is 0 Å². The zero-order valence-electron chi connectivity index (χ0n) is 12.7. The molecular formula is C17H20N2OS. The summed E-state index contributed by atoms with van der Waals surface area (Å²) < 4.78 is 2.04. The molecule has 0 saturated heterocycles. The topological polar surface area (TPSA) is 37.8 Å². The lowest BCUT2D eigenvalue weighted by molar-refractivity contribution is 0.380. The van der Waals surface area contributed by atoms with E-state index < -0.39 is 0 Å². The highest BCUT2D eigenvalue weighted by atomic mass is 32.1. The zero-order valence-corrected chi connectivity index (χ0v) is 13.5. The highest BCUT2D eigenvalue weighted by molar-refractivity contribution is 7.71. The highest BCUT2D eigenvalue weighted by Crippen LogP contribution is 2.44. The van der Waals surface area contributed by atoms with Crippen molar-refractivity contribution in [1.29, 1.82) is 0 Å². The molecule has 2 aromatic rings. The molecule has 0 radical (unpaired) electrons. The minimum Gasteiger partial charge on any atom is -0.331 e. The van der Waals surface area contributed by atoms with Crippen LogP contribution in [0.15, 0.2) is 29.1 Å². The molecule has 4 heteroatoms. The number of nitrogens with one attached hydrogen (secondary N) is 1. The summed E-state index contributed by atoms with van der Waals surface area (Å²) in [5, 5.41) is 0. The van der Waals surface area contributed by atoms with Crippen molar-refractivity contribution >= 4 is 12.2 Å². The second-order valence-electron chi connectivity index (χ2n) is 5.87. The lowest BCUT2D eigenvalue weighted by Crippen LogP contribution is -2.40. The van der Waals surface area contributed by atoms with Crippen molar-refractivity contribution in [1.82, 2.24) is 9.55 Å². The molecule has 0 aliphatic heterocycles. The van der Waals surface area contributed by atoms with Crippen LogP contribution in [0.5, 0.6) is 0 Å². The maximum Gasteiger partial charge on any atom is 0.258 e. The number of nitrogens with zero attached hydrogens (tertiary/aromatic N) is 1. The van der Waals surface area contributed by atoms with Crippen LogP contribution in [0, 0.1) is 4.77 Å². The third-order valence-corrected chi connectivity index (χ3v) is 5.38. The maximum atomic E-state index is 12.9. The number of H-pyrrole nitrogens is 1. The van der Waals surface area contributed by atoms with Gasteiger partial charge in [-0.15, -0.1) is 0 Å². The van der Waals surface area contributed by atoms with Crippen molar-refractivity contribution in [2.75, 3.05) is 0 Å². The van der Waals surface area contributed by atoms with Crippen LogP contribution in [0.25, 0.3) is 11.3 Å². The fourth-order valence-electron chi connectivity index (χ4n) is 3.54. The summed E-state index contributed by atoms with van der Waals surface area (Å²) in [6.07, 6.45) is 2.82. The van der Waals surface area contributed by atoms with Crippen LogP contribution < -0.4 is 5.56 Å². The van der Waals surface area contributed by atoms with Gasteiger partial charge in [0.05, 0.1) is 5.69 Å². The van der Waals surface area contributed by atoms with Gasteiger partial charge in [0.15, 0.2) is 4.77 Å². The fraction of sp³-hybridized carbons (Fsp3) is 0.412. The number of hydrogen-bond acceptors (Lipinski definition) is 2. The third kappa shape index (κ3) is 1.93. The van der Waals surface area contributed by atoms with E-state index in [0.717, 1.165) is 36.1 Å². The van der Waals surface area contributed by atoms with E-state index in [0.29, 0.717) is 4.77 Å². The molecule has 0 bridgehead atoms. The minimum absolute atomic E-state index is 0.0481. The van der Waals surface area contributed by atoms with Gasteiger partial charge in [-0.05, 0) is 37.0 Å². The molecule has 3 nitrogen and oxygen atoms in total. The van der Waals surface area contributed by atoms with Gasteiger partial charge in [-0.25, -0.2) is 0 Å². The van der Waals surface area contributed by atoms with E-state index >= 15 is 0 Å². The molecule has 1 aromatic carbocycles. The summed E-state index contributed by atoms with van der Waals surface area (Å²) >= 11 is 5.31. The van der Waals surface area contributed by atoms with Gasteiger partial charge in [0.25, 0.3) is 5.56 Å². The summed E-state index contributed by atoms with van der Waals surface area (Å²) in [7, 11) is 1.75. The molecule has 0 saturated carbocycles. The molecule has 0 atom stereocenters. The van der Waals surface area contributed by atoms with Crippen LogP contribution in [0.1, 0.15) is 37.8 Å². The first kappa shape index (κ1) is 14.3. The van der Waals surface area contributed by atoms with Crippen molar-refractivity contribution in [3.63, 3.8) is 0 Å². The predicted octanol–water partition coefficient (Wildman–Crippen LogP) is 3.72. The molecule has 1 aliphatic rings. The first-order valence-electron chi connectivity index (χ1n) is 7.46. The molecule has 21 heavy (non-hydrogen) atoms. The first-order chi connectivity index (χ1) is 10.0. The van der Waals surface area contributed by atoms with Gasteiger partial charge in [0, 0.05) is 23.6 Å². The molecule has 3 rings (SSSR count). The van der Waals surface area contributed by atoms with Crippen molar-refractivity contribution < 1.29 is 0 Å². The Morgan fingerprint density at radius 1 is 1.29 bits per heavy atom. The van der Waals surface area contributed by atoms with Crippen molar-refractivity contribution in [2.24, 2.45) is 7.05 Å². The molecule has 1 N–H and O–H groups in total. The lowest BCUT2D eigenvalue weighted by Gasteiger charge is -2.38. The van der Waals surface area contributed by atoms with E-state index in [1.54, 1.807) is 11.6 Å². The molecule has 0 spiro atoms. The van der Waals surface area contributed by atoms with Crippen molar-refractivity contribution in [2.45, 2.75) is 38.5 Å². The summed E-state index contributed by atoms with van der Waals surface area (Å²) in [5.41, 5.74) is 4.20. The van der Waals surface area contributed by atoms with Crippen molar-refractivity contribution in [3.05, 3.63) is 50.5 Å². The molecule has 0 amide bonds. The summed E-state index contributed by atoms with van der Waals surface area (Å²) in [5.74, 6) is 0. The van der Waals surface area contributed by atoms with E-state index in [1.807, 2.05) is 6.07 Å². The standard InChI is InChI=1S/C17H20N2OS/c1-4-17(5-2)10-11-8-6-7-9-12(11)14-13(17)15(20)19(3)16(21)18-14/h6-9H,4-5,10H2,1-3H3,(H,18,21). The molecule has 0 unspecified atom stereocenters. The van der Waals surface area contributed by atoms with Gasteiger partial charge < -0.3 is 4.98 Å². The molecule has 1 aromatic heterocycles. The number of rotatable bonds is 2. The van der Waals surface area contributed by atoms with Crippen LogP contribution in [0.2, 0.25) is 0 Å². The SMILES string of the molecule is CCC1(CC)Cc2ccccc2-c2[nH]c(=S)n(C)c(=O)c21. The Morgan fingerprint density at radius 3 is 2.62 bits per heavy atom. The van der Waals surface area contributed by atoms with Gasteiger partial charge >= 0.3 is 0 Å². The number of aromatic amines is 1. The van der Waals surface area contributed by atoms with Gasteiger partial charge in [0.2, 0.25) is 0 Å². The second kappa shape index (κ2) is 4.95. The van der Waals surface area contributed by atoms with Crippen LogP contribution in [-0.2, 0) is 18.9 Å². The second-order valence-corrected chi connectivity index (χ2v) is 6.25. The number of fused-ring (bicyclic) bond motifs is 3. The normalized spacial score (nSPS) is 15.4. The van der Waals surface area contributed by atoms with E-state index in [4.69, 9.17) is 12.2 Å². The summed E-state index contributed by atoms with van der Waals surface area (Å²) in [6.45, 7) is 4.34. The molecular weight excluding hydrogens is 280 g/mol. The molecule has 110 valence electrons. The lowest BCUT2D eigenvalue weighted by atomic mass is 9.66. The molecule has 0 fully saturated rings. The fourth-order valence-corrected chi connectivity index (χ4v) is 3.72. The minimum atomic E-state index is -0.0991. The predicted molar refractivity (Wildman–Crippen MR) is 88.3 cm³/mol. The zero-order chi connectivity index (χ0) is 15.2. The van der Waals surface area contributed by atoms with Gasteiger partial charge in [-0.3, -0.25) is 9.36 Å². The Labute approximate surface area is 129 Å². The number of benzene rings is 1. The van der Waals surface area contributed by atoms with Gasteiger partial charge in [-0.2, -0.15) is 0 Å². The maximum absolute atomic E-state index is 12.9. The number of aromatic nitrogens is 2. The number of hydrogen-bond donors (Lipinski definition) is 1. The Morgan fingerprint density at radius 2 is 1.95 bits per heavy atom. The molecule has 1 aliphatic carbocycles. The summed E-state index contributed by atoms with van der Waals surface area (Å²) in [4.78, 5) is 16.1. The van der Waals surface area contributed by atoms with Crippen LogP contribution in [0.3, 0.4) is 0 Å². The Hall–Kier alpha value is -1.68. The van der Waals surface area contributed by atoms with Gasteiger partial charge in [-0.1, -0.05) is 38.1 Å². The Bertz CT molecular complexity index is 812. The average molecular weight is 300 g/mol. The van der Waals surface area contributed by atoms with Gasteiger partial charge in [0.1, 0.15) is 0 Å². The van der Waals surface area contributed by atoms with E-state index in [9.17, 15) is 4.79 Å². The summed E-state index contributed by atoms with van der Waals surface area (Å²) in [6, 6.07) is 8.32. The monoisotopic (exact) mass is 300 g/mol. The van der Waals surface area contributed by atoms with Crippen LogP contribution >= 0.6 is 12.2 Å². The Kier molecular flexibility index (Phi) is 3.36. The first-order valence-corrected chi connectivity index (χ1v) is 7.87. The quantitative estimate of drug-likeness (QED) is 0.858. The largest absolute Gasteiger partial charge is 0.331 e. The van der Waals surface area contributed by atoms with Crippen LogP contribution in [-0.4, -0.2) is 9.55 Å². The highest BCUT2D eigenvalue weighted by Gasteiger charge is 2.39.